The lowest BCUT2D eigenvalue weighted by Gasteiger charge is -2.13. The topological polar surface area (TPSA) is 49.8 Å². The molecule has 2 aromatic heterocycles. The minimum atomic E-state index is 0.724. The van der Waals surface area contributed by atoms with Crippen molar-refractivity contribution >= 4 is 34.6 Å². The fourth-order valence-corrected chi connectivity index (χ4v) is 2.86. The van der Waals surface area contributed by atoms with E-state index in [0.29, 0.717) is 0 Å². The molecule has 0 radical (unpaired) electrons. The first-order valence-electron chi connectivity index (χ1n) is 6.67. The van der Waals surface area contributed by atoms with Crippen LogP contribution in [0.2, 0.25) is 4.34 Å². The number of rotatable bonds is 6. The first kappa shape index (κ1) is 15.1. The van der Waals surface area contributed by atoms with Gasteiger partial charge in [-0.1, -0.05) is 18.5 Å². The molecule has 6 heteroatoms. The number of halogens is 1. The van der Waals surface area contributed by atoms with E-state index in [4.69, 9.17) is 11.6 Å². The second-order valence-electron chi connectivity index (χ2n) is 4.58. The Morgan fingerprint density at radius 1 is 1.15 bits per heavy atom. The van der Waals surface area contributed by atoms with Crippen molar-refractivity contribution in [3.05, 3.63) is 32.7 Å². The molecule has 0 bridgehead atoms. The molecule has 2 N–H and O–H groups in total. The van der Waals surface area contributed by atoms with Gasteiger partial charge in [0.05, 0.1) is 10.9 Å². The monoisotopic (exact) mass is 310 g/mol. The highest BCUT2D eigenvalue weighted by Gasteiger charge is 2.09. The number of nitrogens with zero attached hydrogens (tertiary/aromatic N) is 2. The molecule has 0 atom stereocenters. The molecule has 0 saturated carbocycles. The highest BCUT2D eigenvalue weighted by Crippen LogP contribution is 2.24. The van der Waals surface area contributed by atoms with Gasteiger partial charge >= 0.3 is 0 Å². The molecule has 0 unspecified atom stereocenters. The van der Waals surface area contributed by atoms with E-state index in [1.54, 1.807) is 11.3 Å². The lowest BCUT2D eigenvalue weighted by Crippen LogP contribution is -2.10. The summed E-state index contributed by atoms with van der Waals surface area (Å²) in [6.07, 6.45) is 1.07. The minimum absolute atomic E-state index is 0.724. The number of aromatic nitrogens is 2. The van der Waals surface area contributed by atoms with Crippen LogP contribution in [-0.2, 0) is 6.54 Å². The number of anilines is 2. The van der Waals surface area contributed by atoms with Crippen LogP contribution in [0.25, 0.3) is 0 Å². The molecule has 2 aromatic rings. The van der Waals surface area contributed by atoms with Crippen LogP contribution in [0.5, 0.6) is 0 Å². The molecular weight excluding hydrogens is 292 g/mol. The van der Waals surface area contributed by atoms with E-state index < -0.39 is 0 Å². The fraction of sp³-hybridized carbons (Fsp3) is 0.429. The van der Waals surface area contributed by atoms with Crippen LogP contribution in [0.4, 0.5) is 11.6 Å². The molecule has 0 aliphatic heterocycles. The van der Waals surface area contributed by atoms with Crippen molar-refractivity contribution in [2.75, 3.05) is 17.2 Å². The summed E-state index contributed by atoms with van der Waals surface area (Å²) in [5.74, 6) is 2.55. The van der Waals surface area contributed by atoms with Gasteiger partial charge in [0, 0.05) is 17.0 Å². The van der Waals surface area contributed by atoms with Gasteiger partial charge in [-0.15, -0.1) is 11.3 Å². The molecular formula is C14H19ClN4S. The summed E-state index contributed by atoms with van der Waals surface area (Å²) in [4.78, 5) is 10.1. The van der Waals surface area contributed by atoms with E-state index in [1.807, 2.05) is 26.0 Å². The van der Waals surface area contributed by atoms with Crippen molar-refractivity contribution in [3.63, 3.8) is 0 Å². The summed E-state index contributed by atoms with van der Waals surface area (Å²) < 4.78 is 0.808. The summed E-state index contributed by atoms with van der Waals surface area (Å²) in [6.45, 7) is 7.71. The third-order valence-corrected chi connectivity index (χ3v) is 4.09. The third-order valence-electron chi connectivity index (χ3n) is 2.86. The van der Waals surface area contributed by atoms with E-state index in [9.17, 15) is 0 Å². The Labute approximate surface area is 128 Å². The lowest BCUT2D eigenvalue weighted by molar-refractivity contribution is 0.943. The quantitative estimate of drug-likeness (QED) is 0.837. The van der Waals surface area contributed by atoms with Crippen LogP contribution < -0.4 is 10.6 Å². The molecule has 2 heterocycles. The lowest BCUT2D eigenvalue weighted by atomic mass is 10.3. The number of hydrogen-bond donors (Lipinski definition) is 2. The zero-order chi connectivity index (χ0) is 14.5. The van der Waals surface area contributed by atoms with Crippen molar-refractivity contribution < 1.29 is 0 Å². The van der Waals surface area contributed by atoms with Crippen LogP contribution in [0.1, 0.15) is 29.6 Å². The van der Waals surface area contributed by atoms with E-state index in [-0.39, 0.29) is 0 Å². The summed E-state index contributed by atoms with van der Waals surface area (Å²) >= 11 is 7.52. The van der Waals surface area contributed by atoms with Crippen molar-refractivity contribution in [2.45, 2.75) is 33.7 Å². The second kappa shape index (κ2) is 6.90. The summed E-state index contributed by atoms with van der Waals surface area (Å²) in [6, 6.07) is 3.94. The van der Waals surface area contributed by atoms with Gasteiger partial charge in [0.25, 0.3) is 0 Å². The zero-order valence-electron chi connectivity index (χ0n) is 12.0. The predicted molar refractivity (Wildman–Crippen MR) is 86.9 cm³/mol. The first-order valence-corrected chi connectivity index (χ1v) is 7.86. The van der Waals surface area contributed by atoms with Crippen LogP contribution in [0.15, 0.2) is 12.1 Å². The molecule has 0 aliphatic carbocycles. The Bertz CT molecular complexity index is 583. The molecule has 108 valence electrons. The van der Waals surface area contributed by atoms with Crippen molar-refractivity contribution in [3.8, 4) is 0 Å². The maximum atomic E-state index is 5.94. The average molecular weight is 311 g/mol. The summed E-state index contributed by atoms with van der Waals surface area (Å²) in [5, 5.41) is 6.70. The largest absolute Gasteiger partial charge is 0.370 e. The molecule has 0 aliphatic rings. The fourth-order valence-electron chi connectivity index (χ4n) is 1.83. The van der Waals surface area contributed by atoms with Crippen molar-refractivity contribution in [1.82, 2.24) is 9.97 Å². The van der Waals surface area contributed by atoms with Gasteiger partial charge in [-0.3, -0.25) is 0 Å². The van der Waals surface area contributed by atoms with Crippen LogP contribution in [0.3, 0.4) is 0 Å². The van der Waals surface area contributed by atoms with Gasteiger partial charge in [0.1, 0.15) is 17.5 Å². The van der Waals surface area contributed by atoms with Crippen LogP contribution in [-0.4, -0.2) is 16.5 Å². The molecule has 0 saturated heterocycles. The van der Waals surface area contributed by atoms with Gasteiger partial charge in [-0.05, 0) is 32.4 Å². The highest BCUT2D eigenvalue weighted by atomic mass is 35.5. The molecule has 20 heavy (non-hydrogen) atoms. The molecule has 0 spiro atoms. The Kier molecular flexibility index (Phi) is 5.20. The summed E-state index contributed by atoms with van der Waals surface area (Å²) in [7, 11) is 0. The van der Waals surface area contributed by atoms with E-state index in [1.165, 1.54) is 4.88 Å². The van der Waals surface area contributed by atoms with Crippen LogP contribution in [0, 0.1) is 13.8 Å². The summed E-state index contributed by atoms with van der Waals surface area (Å²) in [5.41, 5.74) is 1.05. The normalized spacial score (nSPS) is 10.6. The SMILES string of the molecule is CCCNc1nc(C)nc(NCc2ccc(Cl)s2)c1C. The van der Waals surface area contributed by atoms with E-state index >= 15 is 0 Å². The smallest absolute Gasteiger partial charge is 0.135 e. The Hall–Kier alpha value is -1.33. The second-order valence-corrected chi connectivity index (χ2v) is 6.38. The number of nitrogens with one attached hydrogen (secondary N) is 2. The molecule has 0 fully saturated rings. The first-order chi connectivity index (χ1) is 9.60. The predicted octanol–water partition coefficient (Wildman–Crippen LogP) is 4.24. The van der Waals surface area contributed by atoms with Gasteiger partial charge in [-0.2, -0.15) is 0 Å². The van der Waals surface area contributed by atoms with Crippen molar-refractivity contribution in [2.24, 2.45) is 0 Å². The molecule has 2 rings (SSSR count). The Morgan fingerprint density at radius 2 is 1.85 bits per heavy atom. The number of hydrogen-bond acceptors (Lipinski definition) is 5. The van der Waals surface area contributed by atoms with Crippen molar-refractivity contribution in [1.29, 1.82) is 0 Å². The van der Waals surface area contributed by atoms with Gasteiger partial charge in [0.2, 0.25) is 0 Å². The third kappa shape index (κ3) is 3.84. The Morgan fingerprint density at radius 3 is 2.45 bits per heavy atom. The number of thiophene rings is 1. The van der Waals surface area contributed by atoms with Gasteiger partial charge in [0.15, 0.2) is 0 Å². The Balaban J connectivity index is 2.12. The average Bonchev–Trinajstić information content (AvgIpc) is 2.83. The zero-order valence-corrected chi connectivity index (χ0v) is 13.5. The van der Waals surface area contributed by atoms with Gasteiger partial charge in [-0.25, -0.2) is 9.97 Å². The van der Waals surface area contributed by atoms with Gasteiger partial charge < -0.3 is 10.6 Å². The van der Waals surface area contributed by atoms with Crippen LogP contribution >= 0.6 is 22.9 Å². The minimum Gasteiger partial charge on any atom is -0.370 e. The van der Waals surface area contributed by atoms with E-state index in [2.05, 4.69) is 27.5 Å². The molecule has 4 nitrogen and oxygen atoms in total. The number of aryl methyl sites for hydroxylation is 1. The van der Waals surface area contributed by atoms with E-state index in [0.717, 1.165) is 46.9 Å². The molecule has 0 amide bonds. The maximum Gasteiger partial charge on any atom is 0.135 e. The molecule has 0 aromatic carbocycles. The maximum absolute atomic E-state index is 5.94. The highest BCUT2D eigenvalue weighted by molar-refractivity contribution is 7.16. The standard InChI is InChI=1S/C14H19ClN4S/c1-4-7-16-13-9(2)14(19-10(3)18-13)17-8-11-5-6-12(15)20-11/h5-6H,4,7-8H2,1-3H3,(H2,16,17,18,19).